The highest BCUT2D eigenvalue weighted by Gasteiger charge is 2.33. The molecular formula is C14H14N4O6. The Morgan fingerprint density at radius 1 is 1.33 bits per heavy atom. The molecule has 0 saturated heterocycles. The average Bonchev–Trinajstić information content (AvgIpc) is 2.92. The number of aliphatic carboxylic acids is 1. The fourth-order valence-corrected chi connectivity index (χ4v) is 3.17. The summed E-state index contributed by atoms with van der Waals surface area (Å²) in [5.41, 5.74) is -0.299. The van der Waals surface area contributed by atoms with Crippen molar-refractivity contribution in [3.63, 3.8) is 0 Å². The molecule has 10 nitrogen and oxygen atoms in total. The largest absolute Gasteiger partial charge is 0.480 e. The summed E-state index contributed by atoms with van der Waals surface area (Å²) in [6, 6.07) is 0.987. The lowest BCUT2D eigenvalue weighted by molar-refractivity contribution is -0.385. The standard InChI is InChI=1S/C14H14N4O6/c1-17(5-11(19)20)6-2-7-8(3-6)12-9(4-10(7)18(23)24)15-13(21)14(22)16-12/h4,6H,2-3,5H2,1H3,(H,15,21)(H,16,22)(H,19,20). The number of aromatic amines is 2. The van der Waals surface area contributed by atoms with Crippen molar-refractivity contribution >= 4 is 22.7 Å². The second-order valence-electron chi connectivity index (χ2n) is 5.81. The highest BCUT2D eigenvalue weighted by atomic mass is 16.6. The minimum absolute atomic E-state index is 0.147. The quantitative estimate of drug-likeness (QED) is 0.391. The van der Waals surface area contributed by atoms with E-state index in [-0.39, 0.29) is 23.8 Å². The van der Waals surface area contributed by atoms with Crippen molar-refractivity contribution in [3.05, 3.63) is 48.0 Å². The first-order valence-electron chi connectivity index (χ1n) is 7.15. The lowest BCUT2D eigenvalue weighted by Crippen LogP contribution is -2.36. The Labute approximate surface area is 133 Å². The summed E-state index contributed by atoms with van der Waals surface area (Å²) in [4.78, 5) is 51.1. The number of nitrogens with zero attached hydrogens (tertiary/aromatic N) is 2. The van der Waals surface area contributed by atoms with Crippen molar-refractivity contribution in [2.75, 3.05) is 13.6 Å². The van der Waals surface area contributed by atoms with Crippen LogP contribution in [-0.2, 0) is 17.6 Å². The minimum atomic E-state index is -0.995. The summed E-state index contributed by atoms with van der Waals surface area (Å²) in [6.45, 7) is -0.197. The number of carboxylic acids is 1. The SMILES string of the molecule is CN(CC(=O)O)C1Cc2c([N+](=O)[O-])cc3[nH]c(=O)c(=O)[nH]c3c2C1. The molecule has 1 atom stereocenters. The van der Waals surface area contributed by atoms with E-state index in [1.54, 1.807) is 11.9 Å². The first-order valence-corrected chi connectivity index (χ1v) is 7.15. The van der Waals surface area contributed by atoms with Gasteiger partial charge in [-0.25, -0.2) is 0 Å². The van der Waals surface area contributed by atoms with Crippen molar-refractivity contribution in [3.8, 4) is 0 Å². The van der Waals surface area contributed by atoms with Gasteiger partial charge in [0.2, 0.25) is 0 Å². The van der Waals surface area contributed by atoms with Gasteiger partial charge in [-0.1, -0.05) is 0 Å². The van der Waals surface area contributed by atoms with Crippen LogP contribution in [0, 0.1) is 10.1 Å². The minimum Gasteiger partial charge on any atom is -0.480 e. The Balaban J connectivity index is 2.17. The van der Waals surface area contributed by atoms with E-state index in [9.17, 15) is 24.5 Å². The molecule has 1 aromatic heterocycles. The van der Waals surface area contributed by atoms with E-state index in [2.05, 4.69) is 9.97 Å². The van der Waals surface area contributed by atoms with Crippen molar-refractivity contribution in [2.45, 2.75) is 18.9 Å². The highest BCUT2D eigenvalue weighted by Crippen LogP contribution is 2.36. The Kier molecular flexibility index (Phi) is 3.68. The van der Waals surface area contributed by atoms with E-state index in [1.807, 2.05) is 0 Å². The molecule has 1 aromatic carbocycles. The van der Waals surface area contributed by atoms with Crippen molar-refractivity contribution < 1.29 is 14.8 Å². The third-order valence-corrected chi connectivity index (χ3v) is 4.30. The van der Waals surface area contributed by atoms with E-state index in [0.29, 0.717) is 29.5 Å². The Morgan fingerprint density at radius 2 is 1.96 bits per heavy atom. The first kappa shape index (κ1) is 15.9. The number of H-pyrrole nitrogens is 2. The Bertz CT molecular complexity index is 976. The molecule has 0 saturated carbocycles. The van der Waals surface area contributed by atoms with Crippen LogP contribution < -0.4 is 11.1 Å². The highest BCUT2D eigenvalue weighted by molar-refractivity contribution is 5.83. The number of rotatable bonds is 4. The Morgan fingerprint density at radius 3 is 2.58 bits per heavy atom. The monoisotopic (exact) mass is 334 g/mol. The van der Waals surface area contributed by atoms with Crippen LogP contribution >= 0.6 is 0 Å². The van der Waals surface area contributed by atoms with Gasteiger partial charge in [0.05, 0.1) is 22.5 Å². The lowest BCUT2D eigenvalue weighted by Gasteiger charge is -2.21. The number of carboxylic acid groups (broad SMARTS) is 1. The third kappa shape index (κ3) is 2.56. The molecule has 24 heavy (non-hydrogen) atoms. The van der Waals surface area contributed by atoms with E-state index in [0.717, 1.165) is 0 Å². The molecule has 1 aliphatic carbocycles. The zero-order valence-corrected chi connectivity index (χ0v) is 12.7. The molecule has 1 aliphatic rings. The number of hydrogen-bond donors (Lipinski definition) is 3. The van der Waals surface area contributed by atoms with Gasteiger partial charge in [-0.3, -0.25) is 29.4 Å². The van der Waals surface area contributed by atoms with E-state index >= 15 is 0 Å². The van der Waals surface area contributed by atoms with Gasteiger partial charge in [-0.15, -0.1) is 0 Å². The number of fused-ring (bicyclic) bond motifs is 3. The van der Waals surface area contributed by atoms with Crippen molar-refractivity contribution in [2.24, 2.45) is 0 Å². The van der Waals surface area contributed by atoms with Crippen molar-refractivity contribution in [1.82, 2.24) is 14.9 Å². The maximum atomic E-state index is 11.6. The maximum absolute atomic E-state index is 11.6. The predicted molar refractivity (Wildman–Crippen MR) is 83.3 cm³/mol. The molecule has 3 rings (SSSR count). The smallest absolute Gasteiger partial charge is 0.317 e. The zero-order chi connectivity index (χ0) is 17.6. The van der Waals surface area contributed by atoms with Gasteiger partial charge in [0.15, 0.2) is 0 Å². The molecule has 2 aromatic rings. The Hall–Kier alpha value is -3.01. The molecule has 1 unspecified atom stereocenters. The zero-order valence-electron chi connectivity index (χ0n) is 12.7. The van der Waals surface area contributed by atoms with Crippen LogP contribution in [-0.4, -0.2) is 50.5 Å². The van der Waals surface area contributed by atoms with Gasteiger partial charge in [0, 0.05) is 17.7 Å². The number of carbonyl (C=O) groups is 1. The summed E-state index contributed by atoms with van der Waals surface area (Å²) >= 11 is 0. The fourth-order valence-electron chi connectivity index (χ4n) is 3.17. The molecule has 0 aliphatic heterocycles. The molecule has 0 bridgehead atoms. The number of benzene rings is 1. The number of hydrogen-bond acceptors (Lipinski definition) is 6. The summed E-state index contributed by atoms with van der Waals surface area (Å²) in [6.07, 6.45) is 0.645. The average molecular weight is 334 g/mol. The summed E-state index contributed by atoms with van der Waals surface area (Å²) < 4.78 is 0. The van der Waals surface area contributed by atoms with E-state index in [4.69, 9.17) is 5.11 Å². The second kappa shape index (κ2) is 5.57. The van der Waals surface area contributed by atoms with Gasteiger partial charge < -0.3 is 15.1 Å². The van der Waals surface area contributed by atoms with Crippen LogP contribution in [0.4, 0.5) is 5.69 Å². The molecule has 0 radical (unpaired) electrons. The third-order valence-electron chi connectivity index (χ3n) is 4.30. The van der Waals surface area contributed by atoms with Gasteiger partial charge in [0.25, 0.3) is 5.69 Å². The lowest BCUT2D eigenvalue weighted by atomic mass is 10.1. The molecule has 0 spiro atoms. The van der Waals surface area contributed by atoms with Crippen LogP contribution in [0.5, 0.6) is 0 Å². The number of aromatic nitrogens is 2. The van der Waals surface area contributed by atoms with Crippen molar-refractivity contribution in [1.29, 1.82) is 0 Å². The van der Waals surface area contributed by atoms with E-state index in [1.165, 1.54) is 6.07 Å². The molecule has 3 N–H and O–H groups in total. The fraction of sp³-hybridized carbons (Fsp3) is 0.357. The molecule has 0 amide bonds. The summed E-state index contributed by atoms with van der Waals surface area (Å²) in [5.74, 6) is -0.995. The molecule has 126 valence electrons. The second-order valence-corrected chi connectivity index (χ2v) is 5.81. The van der Waals surface area contributed by atoms with Crippen LogP contribution in [0.3, 0.4) is 0 Å². The topological polar surface area (TPSA) is 149 Å². The van der Waals surface area contributed by atoms with Crippen LogP contribution in [0.2, 0.25) is 0 Å². The number of nitro benzene ring substituents is 1. The van der Waals surface area contributed by atoms with Crippen LogP contribution in [0.1, 0.15) is 11.1 Å². The van der Waals surface area contributed by atoms with Gasteiger partial charge >= 0.3 is 17.1 Å². The number of nitrogens with one attached hydrogen (secondary N) is 2. The first-order chi connectivity index (χ1) is 11.3. The molecule has 0 fully saturated rings. The van der Waals surface area contributed by atoms with Gasteiger partial charge in [0.1, 0.15) is 0 Å². The molecule has 1 heterocycles. The van der Waals surface area contributed by atoms with Gasteiger partial charge in [-0.2, -0.15) is 0 Å². The maximum Gasteiger partial charge on any atom is 0.317 e. The van der Waals surface area contributed by atoms with E-state index < -0.39 is 22.0 Å². The number of nitro groups is 1. The number of likely N-dealkylation sites (N-methyl/N-ethyl adjacent to an activating group) is 1. The predicted octanol–water partition coefficient (Wildman–Crippen LogP) is -0.392. The molecular weight excluding hydrogens is 320 g/mol. The summed E-state index contributed by atoms with van der Waals surface area (Å²) in [7, 11) is 1.63. The summed E-state index contributed by atoms with van der Waals surface area (Å²) in [5, 5.41) is 20.2. The van der Waals surface area contributed by atoms with Crippen LogP contribution in [0.25, 0.3) is 11.0 Å². The normalized spacial score (nSPS) is 16.5. The van der Waals surface area contributed by atoms with Gasteiger partial charge in [-0.05, 0) is 25.5 Å². The molecule has 10 heteroatoms. The van der Waals surface area contributed by atoms with Crippen LogP contribution in [0.15, 0.2) is 15.7 Å².